The summed E-state index contributed by atoms with van der Waals surface area (Å²) >= 11 is 1.42. The highest BCUT2D eigenvalue weighted by Gasteiger charge is 2.02. The summed E-state index contributed by atoms with van der Waals surface area (Å²) < 4.78 is 0. The van der Waals surface area contributed by atoms with E-state index in [1.54, 1.807) is 0 Å². The lowest BCUT2D eigenvalue weighted by molar-refractivity contribution is -0.118. The van der Waals surface area contributed by atoms with Crippen LogP contribution in [0.4, 0.5) is 0 Å². The second kappa shape index (κ2) is 3.74. The van der Waals surface area contributed by atoms with E-state index in [0.29, 0.717) is 6.41 Å². The van der Waals surface area contributed by atoms with Crippen LogP contribution < -0.4 is 5.84 Å². The Bertz CT molecular complexity index is 78.4. The van der Waals surface area contributed by atoms with Crippen LogP contribution >= 0.6 is 11.8 Å². The fraction of sp³-hybridized carbons (Fsp3) is 0.500. The Morgan fingerprint density at radius 3 is 2.62 bits per heavy atom. The highest BCUT2D eigenvalue weighted by atomic mass is 32.2. The van der Waals surface area contributed by atoms with Crippen molar-refractivity contribution in [1.82, 2.24) is 5.01 Å². The molecule has 2 N–H and O–H groups in total. The molecule has 0 saturated carbocycles. The van der Waals surface area contributed by atoms with Gasteiger partial charge >= 0.3 is 0 Å². The Balaban J connectivity index is 3.44. The van der Waals surface area contributed by atoms with E-state index >= 15 is 0 Å². The fourth-order valence-electron chi connectivity index (χ4n) is 0.190. The number of thioether (sulfide) groups is 1. The first-order valence-electron chi connectivity index (χ1n) is 2.06. The fourth-order valence-corrected chi connectivity index (χ4v) is 0.483. The number of nitrogens with zero attached hydrogens (tertiary/aromatic N) is 1. The molecule has 8 heavy (non-hydrogen) atoms. The third kappa shape index (κ3) is 2.18. The van der Waals surface area contributed by atoms with E-state index in [2.05, 4.69) is 6.92 Å². The van der Waals surface area contributed by atoms with Crippen molar-refractivity contribution in [3.05, 3.63) is 6.92 Å². The third-order valence-electron chi connectivity index (χ3n) is 0.726. The van der Waals surface area contributed by atoms with Crippen molar-refractivity contribution < 1.29 is 4.79 Å². The number of nitrogens with two attached hydrogens (primary N) is 1. The predicted molar refractivity (Wildman–Crippen MR) is 34.8 cm³/mol. The van der Waals surface area contributed by atoms with Crippen LogP contribution in [0.15, 0.2) is 0 Å². The summed E-state index contributed by atoms with van der Waals surface area (Å²) in [6.45, 7) is 3.56. The maximum absolute atomic E-state index is 9.85. The SMILES string of the molecule is [CH2]C(SC)N(N)C=O. The third-order valence-corrected chi connectivity index (χ3v) is 1.51. The van der Waals surface area contributed by atoms with Gasteiger partial charge in [-0.05, 0) is 13.2 Å². The quantitative estimate of drug-likeness (QED) is 0.191. The van der Waals surface area contributed by atoms with Crippen LogP contribution in [-0.4, -0.2) is 23.0 Å². The van der Waals surface area contributed by atoms with Crippen molar-refractivity contribution >= 4 is 18.2 Å². The molecule has 0 fully saturated rings. The van der Waals surface area contributed by atoms with Gasteiger partial charge in [0.15, 0.2) is 0 Å². The zero-order valence-electron chi connectivity index (χ0n) is 4.70. The molecule has 0 aromatic heterocycles. The van der Waals surface area contributed by atoms with Gasteiger partial charge in [0.1, 0.15) is 0 Å². The van der Waals surface area contributed by atoms with E-state index in [0.717, 1.165) is 5.01 Å². The van der Waals surface area contributed by atoms with E-state index in [9.17, 15) is 4.79 Å². The number of carbonyl (C=O) groups is 1. The smallest absolute Gasteiger partial charge is 0.224 e. The molecule has 1 amide bonds. The van der Waals surface area contributed by atoms with Gasteiger partial charge < -0.3 is 0 Å². The minimum atomic E-state index is -0.174. The molecule has 0 aromatic rings. The molecule has 0 bridgehead atoms. The van der Waals surface area contributed by atoms with Crippen molar-refractivity contribution in [1.29, 1.82) is 0 Å². The van der Waals surface area contributed by atoms with Gasteiger partial charge in [-0.15, -0.1) is 11.8 Å². The highest BCUT2D eigenvalue weighted by Crippen LogP contribution is 2.03. The van der Waals surface area contributed by atoms with Crippen LogP contribution in [0.5, 0.6) is 0 Å². The van der Waals surface area contributed by atoms with E-state index in [1.165, 1.54) is 11.8 Å². The molecule has 3 nitrogen and oxygen atoms in total. The lowest BCUT2D eigenvalue weighted by Crippen LogP contribution is -2.35. The second-order valence-corrected chi connectivity index (χ2v) is 2.26. The molecule has 1 unspecified atom stereocenters. The minimum Gasteiger partial charge on any atom is -0.277 e. The van der Waals surface area contributed by atoms with E-state index in [-0.39, 0.29) is 5.37 Å². The van der Waals surface area contributed by atoms with Crippen molar-refractivity contribution in [3.63, 3.8) is 0 Å². The first-order chi connectivity index (χ1) is 3.72. The van der Waals surface area contributed by atoms with Gasteiger partial charge in [-0.3, -0.25) is 9.80 Å². The minimum absolute atomic E-state index is 0.174. The van der Waals surface area contributed by atoms with E-state index in [1.807, 2.05) is 6.26 Å². The maximum Gasteiger partial charge on any atom is 0.224 e. The molecule has 0 saturated heterocycles. The zero-order chi connectivity index (χ0) is 6.57. The predicted octanol–water partition coefficient (Wildman–Crippen LogP) is -0.158. The van der Waals surface area contributed by atoms with Gasteiger partial charge in [0.2, 0.25) is 6.41 Å². The first kappa shape index (κ1) is 7.78. The largest absolute Gasteiger partial charge is 0.277 e. The molecule has 0 aliphatic heterocycles. The molecule has 0 aliphatic rings. The Morgan fingerprint density at radius 1 is 2.00 bits per heavy atom. The van der Waals surface area contributed by atoms with Crippen molar-refractivity contribution in [2.45, 2.75) is 5.37 Å². The summed E-state index contributed by atoms with van der Waals surface area (Å²) in [5.74, 6) is 5.11. The summed E-state index contributed by atoms with van der Waals surface area (Å²) in [4.78, 5) is 9.85. The van der Waals surface area contributed by atoms with Gasteiger partial charge in [0.05, 0.1) is 5.37 Å². The van der Waals surface area contributed by atoms with Crippen molar-refractivity contribution in [2.24, 2.45) is 5.84 Å². The molecule has 47 valence electrons. The molecular formula is C4H9N2OS. The average molecular weight is 133 g/mol. The Labute approximate surface area is 53.2 Å². The van der Waals surface area contributed by atoms with E-state index < -0.39 is 0 Å². The number of carbonyl (C=O) groups excluding carboxylic acids is 1. The maximum atomic E-state index is 9.85. The van der Waals surface area contributed by atoms with Gasteiger partial charge in [-0.25, -0.2) is 5.84 Å². The number of rotatable bonds is 3. The van der Waals surface area contributed by atoms with E-state index in [4.69, 9.17) is 5.84 Å². The van der Waals surface area contributed by atoms with Gasteiger partial charge in [0.25, 0.3) is 0 Å². The van der Waals surface area contributed by atoms with Crippen LogP contribution in [0.1, 0.15) is 0 Å². The Hall–Kier alpha value is -0.220. The lowest BCUT2D eigenvalue weighted by atomic mass is 10.7. The number of hydrogen-bond acceptors (Lipinski definition) is 3. The molecule has 0 aromatic carbocycles. The molecular weight excluding hydrogens is 124 g/mol. The van der Waals surface area contributed by atoms with Gasteiger partial charge in [-0.2, -0.15) is 0 Å². The monoisotopic (exact) mass is 133 g/mol. The summed E-state index contributed by atoms with van der Waals surface area (Å²) in [7, 11) is 0. The van der Waals surface area contributed by atoms with Crippen LogP contribution in [0.2, 0.25) is 0 Å². The summed E-state index contributed by atoms with van der Waals surface area (Å²) in [6, 6.07) is 0. The summed E-state index contributed by atoms with van der Waals surface area (Å²) in [6.07, 6.45) is 2.38. The van der Waals surface area contributed by atoms with Crippen LogP contribution in [0, 0.1) is 6.92 Å². The van der Waals surface area contributed by atoms with Crippen molar-refractivity contribution in [3.8, 4) is 0 Å². The molecule has 4 heteroatoms. The normalized spacial score (nSPS) is 12.9. The van der Waals surface area contributed by atoms with Gasteiger partial charge in [-0.1, -0.05) is 0 Å². The molecule has 1 atom stereocenters. The number of hydrogen-bond donors (Lipinski definition) is 1. The standard InChI is InChI=1S/C4H9N2OS/c1-4(8-2)6(5)3-7/h3-4H,1,5H2,2H3. The summed E-state index contributed by atoms with van der Waals surface area (Å²) in [5.41, 5.74) is 0. The average Bonchev–Trinajstić information content (AvgIpc) is 1.84. The van der Waals surface area contributed by atoms with Crippen LogP contribution in [0.25, 0.3) is 0 Å². The van der Waals surface area contributed by atoms with Crippen molar-refractivity contribution in [2.75, 3.05) is 6.26 Å². The zero-order valence-corrected chi connectivity index (χ0v) is 5.52. The van der Waals surface area contributed by atoms with Crippen LogP contribution in [0.3, 0.4) is 0 Å². The highest BCUT2D eigenvalue weighted by molar-refractivity contribution is 7.99. The molecule has 0 heterocycles. The topological polar surface area (TPSA) is 46.3 Å². The molecule has 0 spiro atoms. The first-order valence-corrected chi connectivity index (χ1v) is 3.35. The Kier molecular flexibility index (Phi) is 3.64. The number of amides is 1. The molecule has 0 aliphatic carbocycles. The molecule has 1 radical (unpaired) electrons. The second-order valence-electron chi connectivity index (χ2n) is 1.24. The lowest BCUT2D eigenvalue weighted by Gasteiger charge is -2.15. The van der Waals surface area contributed by atoms with Gasteiger partial charge in [0, 0.05) is 0 Å². The van der Waals surface area contributed by atoms with Crippen LogP contribution in [-0.2, 0) is 4.79 Å². The molecule has 0 rings (SSSR count). The number of hydrazine groups is 1. The summed E-state index contributed by atoms with van der Waals surface area (Å²) in [5, 5.41) is 0.845. The Morgan fingerprint density at radius 2 is 2.50 bits per heavy atom.